The zero-order valence-electron chi connectivity index (χ0n) is 11.9. The molecule has 2 fully saturated rings. The molecule has 1 aliphatic carbocycles. The summed E-state index contributed by atoms with van der Waals surface area (Å²) in [6, 6.07) is 5.21. The number of hydrogen-bond donors (Lipinski definition) is 1. The normalized spacial score (nSPS) is 22.1. The van der Waals surface area contributed by atoms with Crippen LogP contribution < -0.4 is 5.32 Å². The van der Waals surface area contributed by atoms with Crippen LogP contribution in [0.3, 0.4) is 0 Å². The first-order chi connectivity index (χ1) is 10.2. The van der Waals surface area contributed by atoms with Gasteiger partial charge in [0.2, 0.25) is 0 Å². The molecule has 114 valence electrons. The Morgan fingerprint density at radius 3 is 2.81 bits per heavy atom. The molecule has 0 spiro atoms. The quantitative estimate of drug-likeness (QED) is 0.926. The van der Waals surface area contributed by atoms with Gasteiger partial charge in [0, 0.05) is 18.6 Å². The third-order valence-corrected chi connectivity index (χ3v) is 4.55. The van der Waals surface area contributed by atoms with Crippen LogP contribution in [0, 0.1) is 5.82 Å². The molecule has 1 aromatic rings. The lowest BCUT2D eigenvalue weighted by Gasteiger charge is -2.31. The van der Waals surface area contributed by atoms with E-state index in [9.17, 15) is 9.18 Å². The number of hydrogen-bond acceptors (Lipinski definition) is 2. The molecule has 5 heteroatoms. The predicted octanol–water partition coefficient (Wildman–Crippen LogP) is 3.23. The third kappa shape index (κ3) is 3.38. The molecule has 21 heavy (non-hydrogen) atoms. The molecule has 3 rings (SSSR count). The van der Waals surface area contributed by atoms with E-state index in [4.69, 9.17) is 11.6 Å². The number of amides is 1. The Morgan fingerprint density at radius 2 is 2.14 bits per heavy atom. The standard InChI is InChI=1S/C16H20ClFN2O/c17-14-6-3-5-13(15(14)18)16(21)20(12-7-8-12)10-11-4-1-2-9-19-11/h3,5-6,11-12,19H,1-2,4,7-10H2. The van der Waals surface area contributed by atoms with Crippen molar-refractivity contribution in [2.24, 2.45) is 0 Å². The van der Waals surface area contributed by atoms with E-state index in [2.05, 4.69) is 5.32 Å². The van der Waals surface area contributed by atoms with Crippen molar-refractivity contribution < 1.29 is 9.18 Å². The summed E-state index contributed by atoms with van der Waals surface area (Å²) in [4.78, 5) is 14.5. The van der Waals surface area contributed by atoms with Crippen LogP contribution in [0.2, 0.25) is 5.02 Å². The minimum Gasteiger partial charge on any atom is -0.334 e. The van der Waals surface area contributed by atoms with E-state index in [1.165, 1.54) is 25.0 Å². The van der Waals surface area contributed by atoms with Crippen LogP contribution in [0.15, 0.2) is 18.2 Å². The van der Waals surface area contributed by atoms with E-state index in [1.807, 2.05) is 4.90 Å². The minimum absolute atomic E-state index is 0.00684. The SMILES string of the molecule is O=C(c1cccc(Cl)c1F)N(CC1CCCCN1)C1CC1. The van der Waals surface area contributed by atoms with E-state index < -0.39 is 5.82 Å². The van der Waals surface area contributed by atoms with Gasteiger partial charge in [-0.3, -0.25) is 4.79 Å². The summed E-state index contributed by atoms with van der Waals surface area (Å²) in [6.45, 7) is 1.67. The average molecular weight is 311 g/mol. The lowest BCUT2D eigenvalue weighted by Crippen LogP contribution is -2.46. The maximum atomic E-state index is 14.1. The summed E-state index contributed by atoms with van der Waals surface area (Å²) in [5.74, 6) is -0.837. The Balaban J connectivity index is 1.76. The van der Waals surface area contributed by atoms with Crippen LogP contribution in [0.4, 0.5) is 4.39 Å². The van der Waals surface area contributed by atoms with Gasteiger partial charge >= 0.3 is 0 Å². The molecule has 1 N–H and O–H groups in total. The number of carbonyl (C=O) groups excluding carboxylic acids is 1. The van der Waals surface area contributed by atoms with Gasteiger partial charge in [0.25, 0.3) is 5.91 Å². The van der Waals surface area contributed by atoms with Crippen molar-refractivity contribution in [2.75, 3.05) is 13.1 Å². The summed E-state index contributed by atoms with van der Waals surface area (Å²) in [5, 5.41) is 3.46. The lowest BCUT2D eigenvalue weighted by atomic mass is 10.0. The van der Waals surface area contributed by atoms with Crippen molar-refractivity contribution in [3.8, 4) is 0 Å². The van der Waals surface area contributed by atoms with Gasteiger partial charge in [0.1, 0.15) is 0 Å². The van der Waals surface area contributed by atoms with Gasteiger partial charge in [-0.05, 0) is 44.4 Å². The van der Waals surface area contributed by atoms with Gasteiger partial charge in [-0.15, -0.1) is 0 Å². The van der Waals surface area contributed by atoms with Crippen LogP contribution in [-0.2, 0) is 0 Å². The summed E-state index contributed by atoms with van der Waals surface area (Å²) >= 11 is 5.79. The van der Waals surface area contributed by atoms with Gasteiger partial charge in [-0.25, -0.2) is 4.39 Å². The fourth-order valence-corrected chi connectivity index (χ4v) is 3.10. The molecule has 0 aromatic heterocycles. The smallest absolute Gasteiger partial charge is 0.257 e. The van der Waals surface area contributed by atoms with Crippen molar-refractivity contribution >= 4 is 17.5 Å². The highest BCUT2D eigenvalue weighted by molar-refractivity contribution is 6.31. The Bertz CT molecular complexity index is 527. The molecule has 1 saturated heterocycles. The Morgan fingerprint density at radius 1 is 1.33 bits per heavy atom. The summed E-state index contributed by atoms with van der Waals surface area (Å²) in [7, 11) is 0. The van der Waals surface area contributed by atoms with Crippen LogP contribution in [0.5, 0.6) is 0 Å². The number of piperidine rings is 1. The molecular formula is C16H20ClFN2O. The molecular weight excluding hydrogens is 291 g/mol. The maximum Gasteiger partial charge on any atom is 0.257 e. The third-order valence-electron chi connectivity index (χ3n) is 4.26. The fraction of sp³-hybridized carbons (Fsp3) is 0.562. The van der Waals surface area contributed by atoms with Crippen molar-refractivity contribution in [3.05, 3.63) is 34.6 Å². The average Bonchev–Trinajstić information content (AvgIpc) is 3.33. The molecule has 1 aromatic carbocycles. The second kappa shape index (κ2) is 6.32. The van der Waals surface area contributed by atoms with E-state index >= 15 is 0 Å². The van der Waals surface area contributed by atoms with Crippen LogP contribution in [0.25, 0.3) is 0 Å². The summed E-state index contributed by atoms with van der Waals surface area (Å²) in [5.41, 5.74) is 0.0882. The second-order valence-corrected chi connectivity index (χ2v) is 6.34. The number of rotatable bonds is 4. The van der Waals surface area contributed by atoms with Gasteiger partial charge < -0.3 is 10.2 Å². The number of halogens is 2. The Hall–Kier alpha value is -1.13. The van der Waals surface area contributed by atoms with Crippen LogP contribution >= 0.6 is 11.6 Å². The van der Waals surface area contributed by atoms with E-state index in [0.717, 1.165) is 25.8 Å². The number of nitrogens with zero attached hydrogens (tertiary/aromatic N) is 1. The first kappa shape index (κ1) is 14.8. The predicted molar refractivity (Wildman–Crippen MR) is 81.1 cm³/mol. The summed E-state index contributed by atoms with van der Waals surface area (Å²) in [6.07, 6.45) is 5.49. The monoisotopic (exact) mass is 310 g/mol. The number of carbonyl (C=O) groups is 1. The van der Waals surface area contributed by atoms with Crippen LogP contribution in [-0.4, -0.2) is 36.0 Å². The fourth-order valence-electron chi connectivity index (χ4n) is 2.92. The molecule has 0 radical (unpaired) electrons. The highest BCUT2D eigenvalue weighted by Crippen LogP contribution is 2.30. The molecule has 1 saturated carbocycles. The van der Waals surface area contributed by atoms with Crippen molar-refractivity contribution in [1.82, 2.24) is 10.2 Å². The van der Waals surface area contributed by atoms with Crippen LogP contribution in [0.1, 0.15) is 42.5 Å². The zero-order chi connectivity index (χ0) is 14.8. The highest BCUT2D eigenvalue weighted by atomic mass is 35.5. The van der Waals surface area contributed by atoms with E-state index in [1.54, 1.807) is 6.07 Å². The van der Waals surface area contributed by atoms with Gasteiger partial charge in [0.15, 0.2) is 5.82 Å². The summed E-state index contributed by atoms with van der Waals surface area (Å²) < 4.78 is 14.1. The van der Waals surface area contributed by atoms with Crippen molar-refractivity contribution in [3.63, 3.8) is 0 Å². The Labute approximate surface area is 129 Å². The zero-order valence-corrected chi connectivity index (χ0v) is 12.7. The van der Waals surface area contributed by atoms with Crippen molar-refractivity contribution in [2.45, 2.75) is 44.2 Å². The van der Waals surface area contributed by atoms with Crippen molar-refractivity contribution in [1.29, 1.82) is 0 Å². The van der Waals surface area contributed by atoms with E-state index in [-0.39, 0.29) is 22.5 Å². The number of nitrogens with one attached hydrogen (secondary N) is 1. The molecule has 0 bridgehead atoms. The Kier molecular flexibility index (Phi) is 4.45. The molecule has 1 unspecified atom stereocenters. The van der Waals surface area contributed by atoms with E-state index in [0.29, 0.717) is 12.6 Å². The highest BCUT2D eigenvalue weighted by Gasteiger charge is 2.35. The number of benzene rings is 1. The maximum absolute atomic E-state index is 14.1. The first-order valence-corrected chi connectivity index (χ1v) is 8.03. The molecule has 1 amide bonds. The molecule has 1 atom stereocenters. The molecule has 2 aliphatic rings. The van der Waals surface area contributed by atoms with Gasteiger partial charge in [0.05, 0.1) is 10.6 Å². The van der Waals surface area contributed by atoms with Gasteiger partial charge in [-0.1, -0.05) is 24.1 Å². The minimum atomic E-state index is -0.605. The topological polar surface area (TPSA) is 32.3 Å². The van der Waals surface area contributed by atoms with Gasteiger partial charge in [-0.2, -0.15) is 0 Å². The largest absolute Gasteiger partial charge is 0.334 e. The first-order valence-electron chi connectivity index (χ1n) is 7.65. The molecule has 3 nitrogen and oxygen atoms in total. The second-order valence-electron chi connectivity index (χ2n) is 5.94. The lowest BCUT2D eigenvalue weighted by molar-refractivity contribution is 0.0713. The molecule has 1 aliphatic heterocycles. The molecule has 1 heterocycles.